The molecule has 0 fully saturated rings. The molecule has 0 saturated heterocycles. The summed E-state index contributed by atoms with van der Waals surface area (Å²) in [4.78, 5) is 19.8. The molecule has 0 bridgehead atoms. The topological polar surface area (TPSA) is 64.7 Å². The van der Waals surface area contributed by atoms with Crippen molar-refractivity contribution in [2.75, 3.05) is 6.61 Å². The van der Waals surface area contributed by atoms with Gasteiger partial charge >= 0.3 is 5.76 Å². The smallest absolute Gasteiger partial charge is 0.439 e. The number of fused-ring (bicyclic) bond motifs is 1. The van der Waals surface area contributed by atoms with Crippen LogP contribution in [0.2, 0.25) is 0 Å². The third-order valence-electron chi connectivity index (χ3n) is 3.68. The van der Waals surface area contributed by atoms with Gasteiger partial charge in [0.1, 0.15) is 0 Å². The van der Waals surface area contributed by atoms with Crippen LogP contribution in [0, 0.1) is 5.92 Å². The number of hydrogen-bond acceptors (Lipinski definition) is 5. The van der Waals surface area contributed by atoms with Gasteiger partial charge in [0.2, 0.25) is 0 Å². The van der Waals surface area contributed by atoms with Gasteiger partial charge in [0, 0.05) is 17.8 Å². The molecule has 1 heterocycles. The highest BCUT2D eigenvalue weighted by molar-refractivity contribution is 5.84. The molecule has 2 aromatic rings. The second-order valence-electron chi connectivity index (χ2n) is 6.02. The first-order chi connectivity index (χ1) is 12.5. The number of aromatic nitrogens is 1. The van der Waals surface area contributed by atoms with Gasteiger partial charge in [-0.3, -0.25) is 4.99 Å². The molecule has 0 spiro atoms. The third kappa shape index (κ3) is 6.14. The highest BCUT2D eigenvalue weighted by Crippen LogP contribution is 2.29. The number of hydrogen-bond donors (Lipinski definition) is 0. The van der Waals surface area contributed by atoms with Crippen LogP contribution >= 0.6 is 0 Å². The molecule has 0 radical (unpaired) electrons. The minimum atomic E-state index is -0.587. The molecule has 0 saturated carbocycles. The van der Waals surface area contributed by atoms with Crippen molar-refractivity contribution in [2.24, 2.45) is 10.9 Å². The number of allylic oxidation sites excluding steroid dienone is 1. The monoisotopic (exact) mass is 358 g/mol. The average molecular weight is 358 g/mol. The summed E-state index contributed by atoms with van der Waals surface area (Å²) in [6.45, 7) is 12.5. The van der Waals surface area contributed by atoms with E-state index in [2.05, 4.69) is 16.9 Å². The van der Waals surface area contributed by atoms with Gasteiger partial charge in [-0.05, 0) is 37.3 Å². The quantitative estimate of drug-likeness (QED) is 0.626. The molecule has 1 atom stereocenters. The number of rotatable bonds is 7. The summed E-state index contributed by atoms with van der Waals surface area (Å²) < 4.78 is 11.1. The molecule has 2 rings (SSSR count). The van der Waals surface area contributed by atoms with Crippen LogP contribution in [-0.2, 0) is 0 Å². The van der Waals surface area contributed by atoms with Gasteiger partial charge in [0.15, 0.2) is 11.3 Å². The predicted octanol–water partition coefficient (Wildman–Crippen LogP) is 5.35. The normalized spacial score (nSPS) is 12.6. The molecule has 1 aromatic carbocycles. The van der Waals surface area contributed by atoms with Crippen molar-refractivity contribution in [1.29, 1.82) is 0 Å². The molecule has 0 aliphatic rings. The highest BCUT2D eigenvalue weighted by Gasteiger charge is 2.14. The van der Waals surface area contributed by atoms with Crippen LogP contribution in [0.25, 0.3) is 11.0 Å². The maximum absolute atomic E-state index is 11.7. The molecule has 5 heteroatoms. The maximum atomic E-state index is 11.7. The molecular weight excluding hydrogens is 328 g/mol. The van der Waals surface area contributed by atoms with Crippen molar-refractivity contribution in [3.05, 3.63) is 46.7 Å². The van der Waals surface area contributed by atoms with Crippen LogP contribution in [-0.4, -0.2) is 17.8 Å². The van der Waals surface area contributed by atoms with Crippen LogP contribution in [0.15, 0.2) is 44.7 Å². The molecule has 0 aliphatic heterocycles. The van der Waals surface area contributed by atoms with Gasteiger partial charge in [-0.15, -0.1) is 0 Å². The molecule has 1 unspecified atom stereocenters. The summed E-state index contributed by atoms with van der Waals surface area (Å²) in [5.74, 6) is 0.479. The lowest BCUT2D eigenvalue weighted by molar-refractivity contribution is 0.294. The van der Waals surface area contributed by atoms with E-state index in [0.29, 0.717) is 23.9 Å². The summed E-state index contributed by atoms with van der Waals surface area (Å²) in [5, 5.41) is 0.826. The maximum Gasteiger partial charge on any atom is 0.439 e. The molecule has 0 amide bonds. The fraction of sp³-hybridized carbons (Fsp3) is 0.476. The first-order valence-electron chi connectivity index (χ1n) is 9.24. The summed E-state index contributed by atoms with van der Waals surface area (Å²) >= 11 is 0. The van der Waals surface area contributed by atoms with Gasteiger partial charge in [0.25, 0.3) is 0 Å². The van der Waals surface area contributed by atoms with Crippen molar-refractivity contribution in [1.82, 2.24) is 4.98 Å². The number of para-hydroxylation sites is 1. The minimum absolute atomic E-state index is 0.135. The number of nitrogens with zero attached hydrogens (tertiary/aromatic N) is 2. The summed E-state index contributed by atoms with van der Waals surface area (Å²) in [5.41, 5.74) is 1.21. The van der Waals surface area contributed by atoms with Gasteiger partial charge in [0.05, 0.1) is 12.3 Å². The lowest BCUT2D eigenvalue weighted by Gasteiger charge is -2.12. The van der Waals surface area contributed by atoms with E-state index < -0.39 is 5.76 Å². The highest BCUT2D eigenvalue weighted by atomic mass is 16.5. The van der Waals surface area contributed by atoms with E-state index in [1.807, 2.05) is 58.9 Å². The number of aliphatic imine (C=N–C) groups is 1. The Balaban J connectivity index is 0.00000163. The third-order valence-corrected chi connectivity index (χ3v) is 3.68. The van der Waals surface area contributed by atoms with Gasteiger partial charge in [-0.2, -0.15) is 4.98 Å². The van der Waals surface area contributed by atoms with Crippen LogP contribution in [0.3, 0.4) is 0 Å². The fourth-order valence-electron chi connectivity index (χ4n) is 2.38. The van der Waals surface area contributed by atoms with E-state index in [9.17, 15) is 4.79 Å². The first-order valence-corrected chi connectivity index (χ1v) is 9.24. The van der Waals surface area contributed by atoms with E-state index in [0.717, 1.165) is 17.5 Å². The Morgan fingerprint density at radius 1 is 1.27 bits per heavy atom. The van der Waals surface area contributed by atoms with Crippen LogP contribution in [0.5, 0.6) is 5.75 Å². The second-order valence-corrected chi connectivity index (χ2v) is 6.02. The van der Waals surface area contributed by atoms with Gasteiger partial charge < -0.3 is 9.15 Å². The predicted molar refractivity (Wildman–Crippen MR) is 108 cm³/mol. The lowest BCUT2D eigenvalue weighted by Crippen LogP contribution is -2.10. The Labute approximate surface area is 155 Å². The second kappa shape index (κ2) is 11.2. The molecule has 1 aromatic heterocycles. The van der Waals surface area contributed by atoms with E-state index in [1.54, 1.807) is 12.4 Å². The van der Waals surface area contributed by atoms with E-state index in [-0.39, 0.29) is 5.92 Å². The van der Waals surface area contributed by atoms with Crippen LogP contribution in [0.4, 0.5) is 0 Å². The van der Waals surface area contributed by atoms with Gasteiger partial charge in [-0.25, -0.2) is 4.79 Å². The van der Waals surface area contributed by atoms with E-state index in [1.165, 1.54) is 0 Å². The Kier molecular flexibility index (Phi) is 9.34. The van der Waals surface area contributed by atoms with Crippen molar-refractivity contribution in [3.63, 3.8) is 0 Å². The molecule has 26 heavy (non-hydrogen) atoms. The Bertz CT molecular complexity index is 791. The van der Waals surface area contributed by atoms with Gasteiger partial charge in [-0.1, -0.05) is 46.8 Å². The minimum Gasteiger partial charge on any atom is -0.490 e. The largest absolute Gasteiger partial charge is 0.490 e. The number of ether oxygens (including phenoxy) is 1. The molecular formula is C21H30N2O3. The molecule has 0 N–H and O–H groups in total. The molecule has 5 nitrogen and oxygen atoms in total. The van der Waals surface area contributed by atoms with Crippen molar-refractivity contribution < 1.29 is 9.15 Å². The summed E-state index contributed by atoms with van der Waals surface area (Å²) in [6, 6.07) is 5.61. The first kappa shape index (κ1) is 21.6. The zero-order valence-electron chi connectivity index (χ0n) is 16.7. The van der Waals surface area contributed by atoms with Crippen LogP contribution in [0.1, 0.15) is 59.6 Å². The summed E-state index contributed by atoms with van der Waals surface area (Å²) in [7, 11) is 0. The number of benzene rings is 1. The molecule has 142 valence electrons. The van der Waals surface area contributed by atoms with Crippen molar-refractivity contribution in [3.8, 4) is 5.75 Å². The molecule has 0 aliphatic carbocycles. The van der Waals surface area contributed by atoms with Crippen molar-refractivity contribution >= 4 is 17.2 Å². The average Bonchev–Trinajstić information content (AvgIpc) is 2.63. The SMILES string of the molecule is CC.CC=N/C=C\C(C)CCOc1cccc2c(C(C)C)nc(=O)oc12. The lowest BCUT2D eigenvalue weighted by atomic mass is 10.1. The summed E-state index contributed by atoms with van der Waals surface area (Å²) in [6.07, 6.45) is 6.42. The Hall–Kier alpha value is -2.43. The zero-order chi connectivity index (χ0) is 19.5. The zero-order valence-corrected chi connectivity index (χ0v) is 16.7. The Morgan fingerprint density at radius 2 is 2.00 bits per heavy atom. The standard InChI is InChI=1S/C19H24N2O3.C2H6/c1-5-20-11-9-14(4)10-12-23-16-8-6-7-15-17(13(2)3)21-19(22)24-18(15)16;1-2/h5-9,11,13-14H,10,12H2,1-4H3;1-2H3/b11-9-,20-5?;. The van der Waals surface area contributed by atoms with E-state index in [4.69, 9.17) is 9.15 Å². The Morgan fingerprint density at radius 3 is 2.65 bits per heavy atom. The fourth-order valence-corrected chi connectivity index (χ4v) is 2.38. The van der Waals surface area contributed by atoms with Crippen molar-refractivity contribution in [2.45, 2.75) is 53.9 Å². The van der Waals surface area contributed by atoms with Crippen LogP contribution < -0.4 is 10.5 Å². The van der Waals surface area contributed by atoms with E-state index >= 15 is 0 Å².